The first-order chi connectivity index (χ1) is 7.86. The van der Waals surface area contributed by atoms with E-state index in [-0.39, 0.29) is 0 Å². The maximum Gasteiger partial charge on any atom is 0.0417 e. The molecule has 2 aliphatic rings. The SMILES string of the molecule is CCNC(CC1CC1)c1cc2c(s1)CCC2. The normalized spacial score (nSPS) is 21.1. The molecule has 2 aliphatic carbocycles. The van der Waals surface area contributed by atoms with Crippen LogP contribution in [0.4, 0.5) is 0 Å². The molecule has 2 heteroatoms. The number of hydrogen-bond acceptors (Lipinski definition) is 2. The maximum absolute atomic E-state index is 3.67. The van der Waals surface area contributed by atoms with Crippen molar-refractivity contribution >= 4 is 11.3 Å². The topological polar surface area (TPSA) is 12.0 Å². The van der Waals surface area contributed by atoms with Gasteiger partial charge in [0.05, 0.1) is 0 Å². The Hall–Kier alpha value is -0.340. The van der Waals surface area contributed by atoms with Gasteiger partial charge in [-0.2, -0.15) is 0 Å². The molecule has 0 amide bonds. The third kappa shape index (κ3) is 2.18. The summed E-state index contributed by atoms with van der Waals surface area (Å²) in [4.78, 5) is 3.28. The maximum atomic E-state index is 3.67. The molecular weight excluding hydrogens is 214 g/mol. The van der Waals surface area contributed by atoms with E-state index in [4.69, 9.17) is 0 Å². The largest absolute Gasteiger partial charge is 0.310 e. The average molecular weight is 235 g/mol. The fourth-order valence-corrected chi connectivity index (χ4v) is 4.10. The smallest absolute Gasteiger partial charge is 0.0417 e. The van der Waals surface area contributed by atoms with Crippen molar-refractivity contribution in [3.05, 3.63) is 21.4 Å². The van der Waals surface area contributed by atoms with Gasteiger partial charge in [0.25, 0.3) is 0 Å². The van der Waals surface area contributed by atoms with Crippen LogP contribution in [0.25, 0.3) is 0 Å². The summed E-state index contributed by atoms with van der Waals surface area (Å²) in [6.07, 6.45) is 8.35. The molecule has 1 unspecified atom stereocenters. The fourth-order valence-electron chi connectivity index (χ4n) is 2.76. The Morgan fingerprint density at radius 3 is 3.00 bits per heavy atom. The number of aryl methyl sites for hydroxylation is 2. The predicted octanol–water partition coefficient (Wildman–Crippen LogP) is 3.69. The molecule has 0 bridgehead atoms. The summed E-state index contributed by atoms with van der Waals surface area (Å²) >= 11 is 2.08. The van der Waals surface area contributed by atoms with Gasteiger partial charge in [-0.1, -0.05) is 19.8 Å². The number of hydrogen-bond donors (Lipinski definition) is 1. The Balaban J connectivity index is 1.75. The van der Waals surface area contributed by atoms with Crippen LogP contribution in [0, 0.1) is 5.92 Å². The molecule has 1 heterocycles. The molecule has 0 saturated heterocycles. The Bertz CT molecular complexity index is 343. The Labute approximate surface area is 102 Å². The minimum Gasteiger partial charge on any atom is -0.310 e. The van der Waals surface area contributed by atoms with Crippen molar-refractivity contribution in [2.75, 3.05) is 6.54 Å². The zero-order valence-corrected chi connectivity index (χ0v) is 10.9. The van der Waals surface area contributed by atoms with E-state index >= 15 is 0 Å². The van der Waals surface area contributed by atoms with Crippen molar-refractivity contribution in [1.82, 2.24) is 5.32 Å². The van der Waals surface area contributed by atoms with Crippen molar-refractivity contribution < 1.29 is 0 Å². The highest BCUT2D eigenvalue weighted by molar-refractivity contribution is 7.12. The monoisotopic (exact) mass is 235 g/mol. The molecule has 1 aromatic heterocycles. The molecule has 0 radical (unpaired) electrons. The van der Waals surface area contributed by atoms with Crippen molar-refractivity contribution in [2.45, 2.75) is 51.5 Å². The molecule has 1 saturated carbocycles. The van der Waals surface area contributed by atoms with Crippen molar-refractivity contribution in [2.24, 2.45) is 5.92 Å². The van der Waals surface area contributed by atoms with Crippen molar-refractivity contribution in [1.29, 1.82) is 0 Å². The van der Waals surface area contributed by atoms with Crippen LogP contribution in [0.15, 0.2) is 6.07 Å². The quantitative estimate of drug-likeness (QED) is 0.821. The zero-order valence-electron chi connectivity index (χ0n) is 10.1. The van der Waals surface area contributed by atoms with Crippen LogP contribution in [0.2, 0.25) is 0 Å². The van der Waals surface area contributed by atoms with Gasteiger partial charge in [-0.15, -0.1) is 11.3 Å². The van der Waals surface area contributed by atoms with E-state index in [2.05, 4.69) is 29.6 Å². The summed E-state index contributed by atoms with van der Waals surface area (Å²) in [7, 11) is 0. The molecule has 1 N–H and O–H groups in total. The molecule has 0 aromatic carbocycles. The molecule has 1 nitrogen and oxygen atoms in total. The Morgan fingerprint density at radius 2 is 2.31 bits per heavy atom. The highest BCUT2D eigenvalue weighted by atomic mass is 32.1. The number of rotatable bonds is 5. The lowest BCUT2D eigenvalue weighted by Gasteiger charge is -2.16. The average Bonchev–Trinajstić information content (AvgIpc) is 2.83. The van der Waals surface area contributed by atoms with Gasteiger partial charge in [-0.3, -0.25) is 0 Å². The molecule has 0 aliphatic heterocycles. The predicted molar refractivity (Wildman–Crippen MR) is 70.1 cm³/mol. The van der Waals surface area contributed by atoms with Gasteiger partial charge in [0, 0.05) is 15.8 Å². The fraction of sp³-hybridized carbons (Fsp3) is 0.714. The summed E-state index contributed by atoms with van der Waals surface area (Å²) in [5.74, 6) is 1.01. The third-order valence-electron chi connectivity index (χ3n) is 3.83. The molecule has 1 aromatic rings. The van der Waals surface area contributed by atoms with Gasteiger partial charge in [0.15, 0.2) is 0 Å². The number of thiophene rings is 1. The molecule has 88 valence electrons. The van der Waals surface area contributed by atoms with Gasteiger partial charge >= 0.3 is 0 Å². The van der Waals surface area contributed by atoms with Crippen molar-refractivity contribution in [3.8, 4) is 0 Å². The van der Waals surface area contributed by atoms with Crippen LogP contribution >= 0.6 is 11.3 Å². The first kappa shape index (κ1) is 10.8. The second-order valence-electron chi connectivity index (χ2n) is 5.24. The highest BCUT2D eigenvalue weighted by Gasteiger charge is 2.27. The number of nitrogens with one attached hydrogen (secondary N) is 1. The van der Waals surface area contributed by atoms with Crippen molar-refractivity contribution in [3.63, 3.8) is 0 Å². The minimum absolute atomic E-state index is 0.646. The summed E-state index contributed by atoms with van der Waals surface area (Å²) in [5, 5.41) is 3.67. The molecular formula is C14H21NS. The summed E-state index contributed by atoms with van der Waals surface area (Å²) < 4.78 is 0. The zero-order chi connectivity index (χ0) is 11.0. The van der Waals surface area contributed by atoms with Crippen LogP contribution in [-0.2, 0) is 12.8 Å². The third-order valence-corrected chi connectivity index (χ3v) is 5.18. The summed E-state index contributed by atoms with van der Waals surface area (Å²) in [5.41, 5.74) is 1.65. The van der Waals surface area contributed by atoms with Crippen LogP contribution in [0.1, 0.15) is 54.0 Å². The molecule has 16 heavy (non-hydrogen) atoms. The van der Waals surface area contributed by atoms with Crippen LogP contribution in [-0.4, -0.2) is 6.54 Å². The van der Waals surface area contributed by atoms with Crippen LogP contribution < -0.4 is 5.32 Å². The van der Waals surface area contributed by atoms with E-state index in [1.807, 2.05) is 0 Å². The van der Waals surface area contributed by atoms with Crippen LogP contribution in [0.3, 0.4) is 0 Å². The first-order valence-corrected chi connectivity index (χ1v) is 7.53. The van der Waals surface area contributed by atoms with E-state index < -0.39 is 0 Å². The second-order valence-corrected chi connectivity index (χ2v) is 6.41. The Kier molecular flexibility index (Phi) is 3.03. The molecule has 0 spiro atoms. The highest BCUT2D eigenvalue weighted by Crippen LogP contribution is 2.41. The van der Waals surface area contributed by atoms with E-state index in [9.17, 15) is 0 Å². The van der Waals surface area contributed by atoms with E-state index in [0.717, 1.165) is 12.5 Å². The van der Waals surface area contributed by atoms with Gasteiger partial charge in [-0.25, -0.2) is 0 Å². The number of fused-ring (bicyclic) bond motifs is 1. The van der Waals surface area contributed by atoms with E-state index in [1.54, 1.807) is 15.3 Å². The first-order valence-electron chi connectivity index (χ1n) is 6.71. The molecule has 3 rings (SSSR count). The van der Waals surface area contributed by atoms with E-state index in [1.165, 1.54) is 38.5 Å². The minimum atomic E-state index is 0.646. The van der Waals surface area contributed by atoms with Gasteiger partial charge in [-0.05, 0) is 49.8 Å². The second kappa shape index (κ2) is 4.50. The van der Waals surface area contributed by atoms with Gasteiger partial charge < -0.3 is 5.32 Å². The summed E-state index contributed by atoms with van der Waals surface area (Å²) in [6, 6.07) is 3.14. The van der Waals surface area contributed by atoms with Gasteiger partial charge in [0.2, 0.25) is 0 Å². The standard InChI is InChI=1S/C14H21NS/c1-2-15-12(8-10-6-7-10)14-9-11-4-3-5-13(11)16-14/h9-10,12,15H,2-8H2,1H3. The lowest BCUT2D eigenvalue weighted by atomic mass is 10.1. The lowest BCUT2D eigenvalue weighted by molar-refractivity contribution is 0.493. The lowest BCUT2D eigenvalue weighted by Crippen LogP contribution is -2.20. The van der Waals surface area contributed by atoms with E-state index in [0.29, 0.717) is 6.04 Å². The molecule has 1 atom stereocenters. The van der Waals surface area contributed by atoms with Gasteiger partial charge in [0.1, 0.15) is 0 Å². The summed E-state index contributed by atoms with van der Waals surface area (Å²) in [6.45, 7) is 3.32. The van der Waals surface area contributed by atoms with Crippen LogP contribution in [0.5, 0.6) is 0 Å². The Morgan fingerprint density at radius 1 is 1.44 bits per heavy atom. The molecule has 1 fully saturated rings.